The average Bonchev–Trinajstić information content (AvgIpc) is 3.61. The summed E-state index contributed by atoms with van der Waals surface area (Å²) in [6.07, 6.45) is 10.1. The van der Waals surface area contributed by atoms with E-state index in [1.807, 2.05) is 19.1 Å². The monoisotopic (exact) mass is 591 g/mol. The first-order valence-corrected chi connectivity index (χ1v) is 16.2. The molecule has 3 atom stereocenters. The van der Waals surface area contributed by atoms with Gasteiger partial charge in [-0.15, -0.1) is 0 Å². The fraction of sp³-hybridized carbons (Fsp3) is 0.667. The number of primary amides is 1. The van der Waals surface area contributed by atoms with Gasteiger partial charge in [-0.25, -0.2) is 4.79 Å². The Bertz CT molecular complexity index is 1240. The van der Waals surface area contributed by atoms with Crippen LogP contribution < -0.4 is 21.7 Å². The molecule has 4 bridgehead atoms. The van der Waals surface area contributed by atoms with Crippen molar-refractivity contribution in [1.29, 1.82) is 0 Å². The van der Waals surface area contributed by atoms with Gasteiger partial charge in [0.2, 0.25) is 17.6 Å². The molecule has 5 N–H and O–H groups in total. The van der Waals surface area contributed by atoms with Crippen LogP contribution >= 0.6 is 0 Å². The highest BCUT2D eigenvalue weighted by Gasteiger charge is 2.52. The minimum Gasteiger partial charge on any atom is -0.363 e. The molecule has 1 saturated heterocycles. The fourth-order valence-electron chi connectivity index (χ4n) is 9.37. The normalized spacial score (nSPS) is 30.4. The molecule has 2 unspecified atom stereocenters. The van der Waals surface area contributed by atoms with E-state index in [1.54, 1.807) is 4.90 Å². The Hall–Kier alpha value is -3.43. The van der Waals surface area contributed by atoms with Crippen molar-refractivity contribution in [3.8, 4) is 0 Å². The van der Waals surface area contributed by atoms with Gasteiger partial charge in [-0.2, -0.15) is 0 Å². The number of urea groups is 1. The number of nitrogens with two attached hydrogens (primary N) is 1. The highest BCUT2D eigenvalue weighted by atomic mass is 16.2. The third-order valence-electron chi connectivity index (χ3n) is 10.8. The molecule has 1 aromatic carbocycles. The van der Waals surface area contributed by atoms with E-state index in [0.29, 0.717) is 56.4 Å². The van der Waals surface area contributed by atoms with E-state index >= 15 is 0 Å². The smallest absolute Gasteiger partial charge is 0.315 e. The van der Waals surface area contributed by atoms with Crippen LogP contribution in [0.4, 0.5) is 4.79 Å². The lowest BCUT2D eigenvalue weighted by molar-refractivity contribution is -0.142. The van der Waals surface area contributed by atoms with Crippen LogP contribution in [0.25, 0.3) is 0 Å². The third kappa shape index (κ3) is 6.02. The maximum Gasteiger partial charge on any atom is 0.315 e. The second-order valence-electron chi connectivity index (χ2n) is 14.0. The largest absolute Gasteiger partial charge is 0.363 e. The van der Waals surface area contributed by atoms with Crippen LogP contribution in [-0.2, 0) is 32.0 Å². The Kier molecular flexibility index (Phi) is 8.22. The predicted octanol–water partition coefficient (Wildman–Crippen LogP) is 2.37. The SMILES string of the molecule is CCCC(NC(=O)[C@@H]1CCCN1C(=O)C(NC(=O)NC12CC3CC(CC(C3)C1)C2)C1Cc2ccccc2C1)C(=O)C(N)=O. The Morgan fingerprint density at radius 1 is 0.953 bits per heavy atom. The molecule has 4 saturated carbocycles. The summed E-state index contributed by atoms with van der Waals surface area (Å²) >= 11 is 0. The molecule has 0 aromatic heterocycles. The number of nitrogens with one attached hydrogen (secondary N) is 3. The van der Waals surface area contributed by atoms with Crippen LogP contribution in [0.3, 0.4) is 0 Å². The zero-order valence-electron chi connectivity index (χ0n) is 25.1. The topological polar surface area (TPSA) is 151 Å². The quantitative estimate of drug-likeness (QED) is 0.308. The van der Waals surface area contributed by atoms with E-state index in [1.165, 1.54) is 30.4 Å². The second-order valence-corrected chi connectivity index (χ2v) is 14.0. The highest BCUT2D eigenvalue weighted by Crippen LogP contribution is 2.55. The van der Waals surface area contributed by atoms with Crippen molar-refractivity contribution in [2.45, 2.75) is 108 Å². The van der Waals surface area contributed by atoms with Gasteiger partial charge in [0, 0.05) is 12.1 Å². The van der Waals surface area contributed by atoms with Gasteiger partial charge < -0.3 is 26.6 Å². The number of carbonyl (C=O) groups excluding carboxylic acids is 5. The summed E-state index contributed by atoms with van der Waals surface area (Å²) in [4.78, 5) is 66.9. The Balaban J connectivity index is 1.19. The first-order chi connectivity index (χ1) is 20.6. The van der Waals surface area contributed by atoms with Crippen molar-refractivity contribution in [2.24, 2.45) is 29.4 Å². The molecule has 6 aliphatic rings. The lowest BCUT2D eigenvalue weighted by Crippen LogP contribution is -2.64. The van der Waals surface area contributed by atoms with Crippen LogP contribution in [0.15, 0.2) is 24.3 Å². The van der Waals surface area contributed by atoms with E-state index in [4.69, 9.17) is 5.73 Å². The van der Waals surface area contributed by atoms with Crippen LogP contribution in [0.2, 0.25) is 0 Å². The summed E-state index contributed by atoms with van der Waals surface area (Å²) in [6, 6.07) is 5.23. The van der Waals surface area contributed by atoms with Gasteiger partial charge in [-0.3, -0.25) is 19.2 Å². The molecule has 1 aromatic rings. The number of amides is 5. The molecule has 1 aliphatic heterocycles. The van der Waals surface area contributed by atoms with Gasteiger partial charge in [-0.05, 0) is 105 Å². The van der Waals surface area contributed by atoms with E-state index in [2.05, 4.69) is 28.1 Å². The zero-order chi connectivity index (χ0) is 30.3. The van der Waals surface area contributed by atoms with E-state index in [0.717, 1.165) is 19.3 Å². The lowest BCUT2D eigenvalue weighted by atomic mass is 9.53. The summed E-state index contributed by atoms with van der Waals surface area (Å²) in [5.74, 6) is -0.778. The standard InChI is InChI=1S/C33H45N5O5/c1-2-6-25(28(39)29(34)40)35-30(41)26-9-5-10-38(26)31(42)27(24-14-22-7-3-4-8-23(22)15-24)36-32(43)37-33-16-19-11-20(17-33)13-21(12-19)18-33/h3-4,7-8,19-21,24-27H,2,5-6,9-18H2,1H3,(H2,34,40)(H,35,41)(H2,36,37,43)/t19?,20?,21?,25?,26-,27?,33?/m0/s1. The molecule has 10 nitrogen and oxygen atoms in total. The van der Waals surface area contributed by atoms with Gasteiger partial charge >= 0.3 is 6.03 Å². The number of benzene rings is 1. The molecule has 0 spiro atoms. The van der Waals surface area contributed by atoms with Crippen molar-refractivity contribution >= 4 is 29.5 Å². The molecule has 0 radical (unpaired) electrons. The summed E-state index contributed by atoms with van der Waals surface area (Å²) in [7, 11) is 0. The number of rotatable bonds is 10. The van der Waals surface area contributed by atoms with Gasteiger partial charge in [0.05, 0.1) is 6.04 Å². The van der Waals surface area contributed by atoms with Crippen molar-refractivity contribution in [1.82, 2.24) is 20.9 Å². The first kappa shape index (κ1) is 29.6. The molecular weight excluding hydrogens is 546 g/mol. The number of hydrogen-bond donors (Lipinski definition) is 4. The summed E-state index contributed by atoms with van der Waals surface area (Å²) in [6.45, 7) is 2.23. The number of fused-ring (bicyclic) bond motifs is 1. The van der Waals surface area contributed by atoms with Crippen LogP contribution in [0, 0.1) is 23.7 Å². The highest BCUT2D eigenvalue weighted by molar-refractivity contribution is 6.37. The molecule has 1 heterocycles. The van der Waals surface area contributed by atoms with E-state index in [-0.39, 0.29) is 29.8 Å². The number of likely N-dealkylation sites (tertiary alicyclic amines) is 1. The lowest BCUT2D eigenvalue weighted by Gasteiger charge is -2.56. The van der Waals surface area contributed by atoms with Crippen LogP contribution in [0.5, 0.6) is 0 Å². The summed E-state index contributed by atoms with van der Waals surface area (Å²) < 4.78 is 0. The van der Waals surface area contributed by atoms with Gasteiger partial charge in [0.15, 0.2) is 0 Å². The second kappa shape index (κ2) is 11.9. The minimum absolute atomic E-state index is 0.138. The van der Waals surface area contributed by atoms with Crippen molar-refractivity contribution in [2.75, 3.05) is 6.54 Å². The zero-order valence-corrected chi connectivity index (χ0v) is 25.1. The number of ketones is 1. The molecule has 43 heavy (non-hydrogen) atoms. The fourth-order valence-corrected chi connectivity index (χ4v) is 9.37. The summed E-state index contributed by atoms with van der Waals surface area (Å²) in [5.41, 5.74) is 7.38. The van der Waals surface area contributed by atoms with Gasteiger partial charge in [-0.1, -0.05) is 37.6 Å². The predicted molar refractivity (Wildman–Crippen MR) is 159 cm³/mol. The van der Waals surface area contributed by atoms with E-state index in [9.17, 15) is 24.0 Å². The van der Waals surface area contributed by atoms with Crippen molar-refractivity contribution in [3.05, 3.63) is 35.4 Å². The van der Waals surface area contributed by atoms with Crippen molar-refractivity contribution < 1.29 is 24.0 Å². The molecule has 7 rings (SSSR count). The minimum atomic E-state index is -1.09. The van der Waals surface area contributed by atoms with Crippen LogP contribution in [0.1, 0.15) is 82.3 Å². The number of hydrogen-bond acceptors (Lipinski definition) is 5. The van der Waals surface area contributed by atoms with Gasteiger partial charge in [0.25, 0.3) is 5.91 Å². The number of carbonyl (C=O) groups is 5. The Morgan fingerprint density at radius 3 is 2.12 bits per heavy atom. The average molecular weight is 592 g/mol. The summed E-state index contributed by atoms with van der Waals surface area (Å²) in [5, 5.41) is 9.16. The first-order valence-electron chi connectivity index (χ1n) is 16.2. The maximum atomic E-state index is 14.3. The third-order valence-corrected chi connectivity index (χ3v) is 10.8. The maximum absolute atomic E-state index is 14.3. The number of nitrogens with zero attached hydrogens (tertiary/aromatic N) is 1. The molecular formula is C33H45N5O5. The molecule has 5 amide bonds. The Morgan fingerprint density at radius 2 is 1.56 bits per heavy atom. The molecule has 5 fully saturated rings. The molecule has 5 aliphatic carbocycles. The van der Waals surface area contributed by atoms with E-state index < -0.39 is 35.7 Å². The Labute approximate surface area is 253 Å². The van der Waals surface area contributed by atoms with Crippen molar-refractivity contribution in [3.63, 3.8) is 0 Å². The number of Topliss-reactive ketones (excluding diaryl/α,β-unsaturated/α-hetero) is 1. The van der Waals surface area contributed by atoms with Gasteiger partial charge in [0.1, 0.15) is 12.1 Å². The van der Waals surface area contributed by atoms with Crippen LogP contribution in [-0.4, -0.2) is 64.6 Å². The molecule has 232 valence electrons. The molecule has 10 heteroatoms.